The van der Waals surface area contributed by atoms with Crippen molar-refractivity contribution in [2.24, 2.45) is 0 Å². The summed E-state index contributed by atoms with van der Waals surface area (Å²) in [5.41, 5.74) is 0. The summed E-state index contributed by atoms with van der Waals surface area (Å²) >= 11 is 0. The number of hydrogen-bond donors (Lipinski definition) is 2. The Labute approximate surface area is 73.9 Å². The summed E-state index contributed by atoms with van der Waals surface area (Å²) in [6.45, 7) is 0.329. The zero-order valence-electron chi connectivity index (χ0n) is 6.60. The molecule has 0 aromatic rings. The predicted octanol–water partition coefficient (Wildman–Crippen LogP) is 1.36. The number of halogens is 5. The third kappa shape index (κ3) is 8.68. The van der Waals surface area contributed by atoms with Crippen molar-refractivity contribution in [2.45, 2.75) is 19.0 Å². The molecule has 0 aliphatic heterocycles. The van der Waals surface area contributed by atoms with Gasteiger partial charge in [0.15, 0.2) is 0 Å². The van der Waals surface area contributed by atoms with E-state index in [2.05, 4.69) is 0 Å². The zero-order valence-corrected chi connectivity index (χ0v) is 6.60. The lowest BCUT2D eigenvalue weighted by Crippen LogP contribution is -2.22. The summed E-state index contributed by atoms with van der Waals surface area (Å²) in [7, 11) is 0. The van der Waals surface area contributed by atoms with Crippen LogP contribution in [0.15, 0.2) is 0 Å². The van der Waals surface area contributed by atoms with Gasteiger partial charge < -0.3 is 10.2 Å². The van der Waals surface area contributed by atoms with Gasteiger partial charge in [0.1, 0.15) is 0 Å². The lowest BCUT2D eigenvalue weighted by atomic mass is 10.4. The molecule has 14 heavy (non-hydrogen) atoms. The standard InChI is InChI=1S/C3H4F2O2.C2HF3O2/c1-3(4,5)2(6)7;3-2(4,5)1(6)7/h1H3,(H,6,7);(H,6,7). The van der Waals surface area contributed by atoms with Crippen LogP contribution in [-0.2, 0) is 9.59 Å². The molecular weight excluding hydrogens is 219 g/mol. The molecule has 0 bridgehead atoms. The molecule has 9 heteroatoms. The molecule has 0 aliphatic carbocycles. The molecule has 0 aromatic heterocycles. The lowest BCUT2D eigenvalue weighted by Gasteiger charge is -1.98. The van der Waals surface area contributed by atoms with Crippen molar-refractivity contribution < 1.29 is 41.8 Å². The number of alkyl halides is 5. The molecular formula is C5H5F5O4. The van der Waals surface area contributed by atoms with Crippen LogP contribution in [0.25, 0.3) is 0 Å². The Morgan fingerprint density at radius 1 is 0.929 bits per heavy atom. The van der Waals surface area contributed by atoms with Crippen LogP contribution in [0.2, 0.25) is 0 Å². The summed E-state index contributed by atoms with van der Waals surface area (Å²) in [5.74, 6) is -8.43. The zero-order chi connectivity index (χ0) is 12.2. The maximum Gasteiger partial charge on any atom is 0.490 e. The first kappa shape index (κ1) is 15.1. The third-order valence-electron chi connectivity index (χ3n) is 0.618. The number of aliphatic carboxylic acids is 2. The summed E-state index contributed by atoms with van der Waals surface area (Å²) in [6.07, 6.45) is -5.08. The number of carbonyl (C=O) groups is 2. The van der Waals surface area contributed by atoms with Crippen molar-refractivity contribution in [1.82, 2.24) is 0 Å². The Balaban J connectivity index is 0. The highest BCUT2D eigenvalue weighted by atomic mass is 19.4. The maximum atomic E-state index is 11.2. The fraction of sp³-hybridized carbons (Fsp3) is 0.600. The Morgan fingerprint density at radius 3 is 1.07 bits per heavy atom. The van der Waals surface area contributed by atoms with E-state index in [1.165, 1.54) is 0 Å². The summed E-state index contributed by atoms with van der Waals surface area (Å²) in [6, 6.07) is 0. The van der Waals surface area contributed by atoms with Crippen molar-refractivity contribution in [1.29, 1.82) is 0 Å². The van der Waals surface area contributed by atoms with E-state index in [0.717, 1.165) is 0 Å². The van der Waals surface area contributed by atoms with Crippen molar-refractivity contribution >= 4 is 11.9 Å². The molecule has 0 rings (SSSR count). The average Bonchev–Trinajstić information content (AvgIpc) is 1.83. The molecule has 84 valence electrons. The maximum absolute atomic E-state index is 11.2. The molecule has 0 fully saturated rings. The number of hydrogen-bond acceptors (Lipinski definition) is 2. The van der Waals surface area contributed by atoms with E-state index >= 15 is 0 Å². The minimum atomic E-state index is -5.08. The van der Waals surface area contributed by atoms with Crippen molar-refractivity contribution in [3.8, 4) is 0 Å². The molecule has 0 aromatic carbocycles. The Kier molecular flexibility index (Phi) is 5.09. The van der Waals surface area contributed by atoms with Crippen LogP contribution < -0.4 is 0 Å². The van der Waals surface area contributed by atoms with E-state index in [4.69, 9.17) is 15.0 Å². The van der Waals surface area contributed by atoms with Gasteiger partial charge in [-0.05, 0) is 0 Å². The third-order valence-corrected chi connectivity index (χ3v) is 0.618. The second kappa shape index (κ2) is 4.72. The van der Waals surface area contributed by atoms with E-state index in [9.17, 15) is 26.7 Å². The highest BCUT2D eigenvalue weighted by molar-refractivity contribution is 5.74. The molecule has 2 N–H and O–H groups in total. The van der Waals surface area contributed by atoms with Gasteiger partial charge >= 0.3 is 24.0 Å². The smallest absolute Gasteiger partial charge is 0.477 e. The first-order valence-electron chi connectivity index (χ1n) is 2.80. The summed E-state index contributed by atoms with van der Waals surface area (Å²) in [5, 5.41) is 14.6. The van der Waals surface area contributed by atoms with Crippen LogP contribution in [0.1, 0.15) is 6.92 Å². The van der Waals surface area contributed by atoms with E-state index in [0.29, 0.717) is 6.92 Å². The molecule has 0 heterocycles. The SMILES string of the molecule is CC(F)(F)C(=O)O.O=C(O)C(F)(F)F. The second-order valence-corrected chi connectivity index (χ2v) is 2.00. The Bertz CT molecular complexity index is 191. The fourth-order valence-electron chi connectivity index (χ4n) is 0. The van der Waals surface area contributed by atoms with Crippen LogP contribution in [0.4, 0.5) is 22.0 Å². The number of carboxylic acids is 2. The molecule has 4 nitrogen and oxygen atoms in total. The molecule has 0 unspecified atom stereocenters. The predicted molar refractivity (Wildman–Crippen MR) is 31.9 cm³/mol. The van der Waals surface area contributed by atoms with Crippen LogP contribution in [0.3, 0.4) is 0 Å². The van der Waals surface area contributed by atoms with Gasteiger partial charge in [-0.1, -0.05) is 0 Å². The van der Waals surface area contributed by atoms with E-state index in [1.807, 2.05) is 0 Å². The van der Waals surface area contributed by atoms with Gasteiger partial charge in [-0.3, -0.25) is 0 Å². The summed E-state index contributed by atoms with van der Waals surface area (Å²) in [4.78, 5) is 18.2. The molecule has 0 radical (unpaired) electrons. The molecule has 0 saturated heterocycles. The molecule has 0 spiro atoms. The van der Waals surface area contributed by atoms with E-state index < -0.39 is 24.0 Å². The quantitative estimate of drug-likeness (QED) is 0.659. The van der Waals surface area contributed by atoms with Crippen molar-refractivity contribution in [2.75, 3.05) is 0 Å². The molecule has 0 amide bonds. The highest BCUT2D eigenvalue weighted by Crippen LogP contribution is 2.13. The van der Waals surface area contributed by atoms with E-state index in [1.54, 1.807) is 0 Å². The van der Waals surface area contributed by atoms with Crippen LogP contribution in [-0.4, -0.2) is 34.3 Å². The minimum Gasteiger partial charge on any atom is -0.477 e. The number of carboxylic acid groups (broad SMARTS) is 2. The van der Waals surface area contributed by atoms with Gasteiger partial charge in [-0.15, -0.1) is 0 Å². The van der Waals surface area contributed by atoms with Gasteiger partial charge in [-0.2, -0.15) is 22.0 Å². The van der Waals surface area contributed by atoms with Crippen LogP contribution in [0, 0.1) is 0 Å². The lowest BCUT2D eigenvalue weighted by molar-refractivity contribution is -0.192. The minimum absolute atomic E-state index is 0.329. The average molecular weight is 224 g/mol. The molecule has 0 aliphatic rings. The van der Waals surface area contributed by atoms with E-state index in [-0.39, 0.29) is 0 Å². The van der Waals surface area contributed by atoms with Crippen molar-refractivity contribution in [3.63, 3.8) is 0 Å². The highest BCUT2D eigenvalue weighted by Gasteiger charge is 2.38. The Hall–Kier alpha value is -1.41. The monoisotopic (exact) mass is 224 g/mol. The Morgan fingerprint density at radius 2 is 1.07 bits per heavy atom. The van der Waals surface area contributed by atoms with Gasteiger partial charge in [0, 0.05) is 6.92 Å². The molecule has 0 atom stereocenters. The normalized spacial score (nSPS) is 11.3. The van der Waals surface area contributed by atoms with Crippen LogP contribution >= 0.6 is 0 Å². The van der Waals surface area contributed by atoms with Crippen LogP contribution in [0.5, 0.6) is 0 Å². The summed E-state index contributed by atoms with van der Waals surface area (Å²) < 4.78 is 54.2. The second-order valence-electron chi connectivity index (χ2n) is 2.00. The van der Waals surface area contributed by atoms with Gasteiger partial charge in [0.05, 0.1) is 0 Å². The number of rotatable bonds is 1. The van der Waals surface area contributed by atoms with Gasteiger partial charge in [-0.25, -0.2) is 9.59 Å². The topological polar surface area (TPSA) is 74.6 Å². The first-order chi connectivity index (χ1) is 5.89. The van der Waals surface area contributed by atoms with Gasteiger partial charge in [0.2, 0.25) is 0 Å². The fourth-order valence-corrected chi connectivity index (χ4v) is 0. The van der Waals surface area contributed by atoms with Gasteiger partial charge in [0.25, 0.3) is 0 Å². The molecule has 0 saturated carbocycles. The first-order valence-corrected chi connectivity index (χ1v) is 2.80. The van der Waals surface area contributed by atoms with Crippen molar-refractivity contribution in [3.05, 3.63) is 0 Å². The largest absolute Gasteiger partial charge is 0.490 e.